The summed E-state index contributed by atoms with van der Waals surface area (Å²) < 4.78 is 28.5. The molecule has 0 saturated carbocycles. The SMILES string of the molecule is Cc1cn[nH]c1C1CCN(S(=O)(=O)c2cn(C)nc2C)C1. The monoisotopic (exact) mass is 309 g/mol. The Hall–Kier alpha value is -1.67. The van der Waals surface area contributed by atoms with Crippen LogP contribution in [0.1, 0.15) is 29.3 Å². The lowest BCUT2D eigenvalue weighted by Crippen LogP contribution is -2.29. The standard InChI is InChI=1S/C13H19N5O2S/c1-9-6-14-15-13(9)11-4-5-18(7-11)21(19,20)12-8-17(3)16-10(12)2/h6,8,11H,4-5,7H2,1-3H3,(H,14,15). The summed E-state index contributed by atoms with van der Waals surface area (Å²) in [5.41, 5.74) is 2.66. The molecule has 1 atom stereocenters. The highest BCUT2D eigenvalue weighted by atomic mass is 32.2. The smallest absolute Gasteiger partial charge is 0.246 e. The molecule has 0 spiro atoms. The van der Waals surface area contributed by atoms with E-state index in [1.54, 1.807) is 30.7 Å². The number of rotatable bonds is 3. The minimum absolute atomic E-state index is 0.180. The fraction of sp³-hybridized carbons (Fsp3) is 0.538. The Bertz CT molecular complexity index is 761. The van der Waals surface area contributed by atoms with Gasteiger partial charge in [-0.1, -0.05) is 0 Å². The zero-order valence-corrected chi connectivity index (χ0v) is 13.2. The molecule has 1 saturated heterocycles. The maximum absolute atomic E-state index is 12.7. The lowest BCUT2D eigenvalue weighted by atomic mass is 10.0. The minimum Gasteiger partial charge on any atom is -0.282 e. The van der Waals surface area contributed by atoms with Gasteiger partial charge in [-0.15, -0.1) is 0 Å². The molecule has 0 bridgehead atoms. The number of hydrogen-bond acceptors (Lipinski definition) is 4. The van der Waals surface area contributed by atoms with E-state index in [1.165, 1.54) is 4.68 Å². The van der Waals surface area contributed by atoms with Crippen LogP contribution >= 0.6 is 0 Å². The van der Waals surface area contributed by atoms with Crippen LogP contribution in [0.3, 0.4) is 0 Å². The van der Waals surface area contributed by atoms with Gasteiger partial charge in [0.1, 0.15) is 4.90 Å². The van der Waals surface area contributed by atoms with Gasteiger partial charge in [0.15, 0.2) is 0 Å². The summed E-state index contributed by atoms with van der Waals surface area (Å²) in [6.45, 7) is 4.72. The second kappa shape index (κ2) is 4.96. The van der Waals surface area contributed by atoms with Gasteiger partial charge < -0.3 is 0 Å². The molecule has 0 aromatic carbocycles. The van der Waals surface area contributed by atoms with Gasteiger partial charge in [-0.2, -0.15) is 14.5 Å². The zero-order chi connectivity index (χ0) is 15.2. The van der Waals surface area contributed by atoms with E-state index in [0.717, 1.165) is 17.7 Å². The Morgan fingerprint density at radius 1 is 1.38 bits per heavy atom. The predicted octanol–water partition coefficient (Wildman–Crippen LogP) is 0.938. The Morgan fingerprint density at radius 2 is 2.14 bits per heavy atom. The Morgan fingerprint density at radius 3 is 2.71 bits per heavy atom. The van der Waals surface area contributed by atoms with Crippen molar-refractivity contribution in [2.24, 2.45) is 7.05 Å². The number of aromatic nitrogens is 4. The highest BCUT2D eigenvalue weighted by Gasteiger charge is 2.35. The molecule has 1 fully saturated rings. The van der Waals surface area contributed by atoms with Crippen molar-refractivity contribution in [3.63, 3.8) is 0 Å². The summed E-state index contributed by atoms with van der Waals surface area (Å²) in [5, 5.41) is 11.1. The molecule has 0 amide bonds. The number of sulfonamides is 1. The van der Waals surface area contributed by atoms with E-state index in [2.05, 4.69) is 15.3 Å². The van der Waals surface area contributed by atoms with Crippen LogP contribution in [0.15, 0.2) is 17.3 Å². The van der Waals surface area contributed by atoms with Crippen molar-refractivity contribution >= 4 is 10.0 Å². The van der Waals surface area contributed by atoms with Crippen molar-refractivity contribution in [2.45, 2.75) is 31.1 Å². The van der Waals surface area contributed by atoms with E-state index in [1.807, 2.05) is 6.92 Å². The molecular formula is C13H19N5O2S. The summed E-state index contributed by atoms with van der Waals surface area (Å²) in [4.78, 5) is 0.298. The Labute approximate surface area is 124 Å². The molecule has 2 aromatic heterocycles. The molecule has 1 N–H and O–H groups in total. The van der Waals surface area contributed by atoms with Gasteiger partial charge in [-0.25, -0.2) is 8.42 Å². The number of aryl methyl sites for hydroxylation is 3. The molecule has 1 aliphatic heterocycles. The first-order valence-electron chi connectivity index (χ1n) is 6.90. The maximum Gasteiger partial charge on any atom is 0.246 e. The van der Waals surface area contributed by atoms with Gasteiger partial charge in [0.2, 0.25) is 10.0 Å². The van der Waals surface area contributed by atoms with Gasteiger partial charge in [-0.05, 0) is 25.8 Å². The van der Waals surface area contributed by atoms with E-state index < -0.39 is 10.0 Å². The van der Waals surface area contributed by atoms with Crippen molar-refractivity contribution in [2.75, 3.05) is 13.1 Å². The summed E-state index contributed by atoms with van der Waals surface area (Å²) in [7, 11) is -1.74. The van der Waals surface area contributed by atoms with Gasteiger partial charge in [-0.3, -0.25) is 9.78 Å². The third-order valence-corrected chi connectivity index (χ3v) is 5.98. The van der Waals surface area contributed by atoms with Crippen molar-refractivity contribution in [1.29, 1.82) is 0 Å². The lowest BCUT2D eigenvalue weighted by molar-refractivity contribution is 0.471. The fourth-order valence-corrected chi connectivity index (χ4v) is 4.62. The normalized spacial score (nSPS) is 20.2. The third-order valence-electron chi connectivity index (χ3n) is 4.01. The number of nitrogens with one attached hydrogen (secondary N) is 1. The van der Waals surface area contributed by atoms with Crippen molar-refractivity contribution in [1.82, 2.24) is 24.3 Å². The van der Waals surface area contributed by atoms with Crippen LogP contribution in [-0.4, -0.2) is 45.8 Å². The van der Waals surface area contributed by atoms with E-state index >= 15 is 0 Å². The Kier molecular flexibility index (Phi) is 3.37. The fourth-order valence-electron chi connectivity index (χ4n) is 2.92. The van der Waals surface area contributed by atoms with Crippen LogP contribution in [0.2, 0.25) is 0 Å². The molecule has 1 unspecified atom stereocenters. The summed E-state index contributed by atoms with van der Waals surface area (Å²) in [6, 6.07) is 0. The van der Waals surface area contributed by atoms with Gasteiger partial charge in [0.25, 0.3) is 0 Å². The van der Waals surface area contributed by atoms with E-state index in [9.17, 15) is 8.42 Å². The van der Waals surface area contributed by atoms with Crippen molar-refractivity contribution < 1.29 is 8.42 Å². The topological polar surface area (TPSA) is 83.9 Å². The van der Waals surface area contributed by atoms with Crippen LogP contribution < -0.4 is 0 Å². The van der Waals surface area contributed by atoms with Gasteiger partial charge in [0, 0.05) is 37.9 Å². The second-order valence-electron chi connectivity index (χ2n) is 5.57. The van der Waals surface area contributed by atoms with E-state index in [4.69, 9.17) is 0 Å². The van der Waals surface area contributed by atoms with Crippen LogP contribution in [-0.2, 0) is 17.1 Å². The minimum atomic E-state index is -3.47. The molecule has 0 radical (unpaired) electrons. The quantitative estimate of drug-likeness (QED) is 0.914. The zero-order valence-electron chi connectivity index (χ0n) is 12.4. The van der Waals surface area contributed by atoms with Crippen LogP contribution in [0.4, 0.5) is 0 Å². The van der Waals surface area contributed by atoms with Crippen LogP contribution in [0.5, 0.6) is 0 Å². The molecule has 1 aliphatic rings. The van der Waals surface area contributed by atoms with Crippen LogP contribution in [0.25, 0.3) is 0 Å². The van der Waals surface area contributed by atoms with Crippen molar-refractivity contribution in [3.05, 3.63) is 29.3 Å². The molecule has 114 valence electrons. The Balaban J connectivity index is 1.86. The number of H-pyrrole nitrogens is 1. The molecule has 21 heavy (non-hydrogen) atoms. The number of nitrogens with zero attached hydrogens (tertiary/aromatic N) is 4. The van der Waals surface area contributed by atoms with E-state index in [-0.39, 0.29) is 5.92 Å². The van der Waals surface area contributed by atoms with E-state index in [0.29, 0.717) is 23.7 Å². The maximum atomic E-state index is 12.7. The number of hydrogen-bond donors (Lipinski definition) is 1. The molecular weight excluding hydrogens is 290 g/mol. The average molecular weight is 309 g/mol. The summed E-state index contributed by atoms with van der Waals surface area (Å²) >= 11 is 0. The second-order valence-corrected chi connectivity index (χ2v) is 7.47. The predicted molar refractivity (Wildman–Crippen MR) is 77.4 cm³/mol. The first-order chi connectivity index (χ1) is 9.89. The number of aromatic amines is 1. The highest BCUT2D eigenvalue weighted by molar-refractivity contribution is 7.89. The first kappa shape index (κ1) is 14.3. The van der Waals surface area contributed by atoms with Crippen LogP contribution in [0, 0.1) is 13.8 Å². The molecule has 2 aromatic rings. The molecule has 8 heteroatoms. The lowest BCUT2D eigenvalue weighted by Gasteiger charge is -2.15. The molecule has 3 heterocycles. The molecule has 3 rings (SSSR count). The van der Waals surface area contributed by atoms with Crippen molar-refractivity contribution in [3.8, 4) is 0 Å². The van der Waals surface area contributed by atoms with Gasteiger partial charge in [0.05, 0.1) is 11.9 Å². The van der Waals surface area contributed by atoms with Gasteiger partial charge >= 0.3 is 0 Å². The average Bonchev–Trinajstić information content (AvgIpc) is 3.09. The molecule has 7 nitrogen and oxygen atoms in total. The third kappa shape index (κ3) is 2.38. The summed E-state index contributed by atoms with van der Waals surface area (Å²) in [6.07, 6.45) is 4.15. The highest BCUT2D eigenvalue weighted by Crippen LogP contribution is 2.31. The first-order valence-corrected chi connectivity index (χ1v) is 8.34. The summed E-state index contributed by atoms with van der Waals surface area (Å²) in [5.74, 6) is 0.180. The largest absolute Gasteiger partial charge is 0.282 e. The molecule has 0 aliphatic carbocycles.